The van der Waals surface area contributed by atoms with E-state index in [9.17, 15) is 21.6 Å². The topological polar surface area (TPSA) is 70.0 Å². The third-order valence-electron chi connectivity index (χ3n) is 1.77. The van der Waals surface area contributed by atoms with Gasteiger partial charge in [0.1, 0.15) is 9.84 Å². The van der Waals surface area contributed by atoms with Gasteiger partial charge in [-0.1, -0.05) is 0 Å². The Morgan fingerprint density at radius 2 is 2.00 bits per heavy atom. The van der Waals surface area contributed by atoms with Crippen molar-refractivity contribution in [3.63, 3.8) is 0 Å². The summed E-state index contributed by atoms with van der Waals surface area (Å²) in [5.41, 5.74) is 0. The number of halogens is 3. The molecule has 0 heterocycles. The van der Waals surface area contributed by atoms with E-state index >= 15 is 0 Å². The second kappa shape index (κ2) is 6.06. The van der Waals surface area contributed by atoms with Crippen molar-refractivity contribution in [1.29, 1.82) is 5.26 Å². The lowest BCUT2D eigenvalue weighted by Gasteiger charge is -2.13. The highest BCUT2D eigenvalue weighted by Crippen LogP contribution is 2.24. The van der Waals surface area contributed by atoms with Crippen LogP contribution in [0.15, 0.2) is 0 Å². The average molecular weight is 258 g/mol. The van der Waals surface area contributed by atoms with Gasteiger partial charge >= 0.3 is 6.18 Å². The highest BCUT2D eigenvalue weighted by Gasteiger charge is 2.39. The molecule has 94 valence electrons. The normalized spacial score (nSPS) is 14.4. The minimum atomic E-state index is -4.54. The molecule has 4 nitrogen and oxygen atoms in total. The third-order valence-corrected chi connectivity index (χ3v) is 2.80. The van der Waals surface area contributed by atoms with Gasteiger partial charge in [0.05, 0.1) is 11.8 Å². The molecule has 0 rings (SSSR count). The summed E-state index contributed by atoms with van der Waals surface area (Å²) in [6.45, 7) is -0.370. The number of hydrogen-bond donors (Lipinski definition) is 1. The molecular weight excluding hydrogens is 245 g/mol. The molecule has 0 aliphatic heterocycles. The zero-order valence-corrected chi connectivity index (χ0v) is 9.53. The summed E-state index contributed by atoms with van der Waals surface area (Å²) >= 11 is 0. The molecule has 1 unspecified atom stereocenters. The molecule has 0 saturated carbocycles. The van der Waals surface area contributed by atoms with Gasteiger partial charge in [0.15, 0.2) is 5.92 Å². The van der Waals surface area contributed by atoms with Crippen molar-refractivity contribution in [1.82, 2.24) is 5.32 Å². The first-order chi connectivity index (χ1) is 7.17. The molecule has 16 heavy (non-hydrogen) atoms. The SMILES string of the molecule is CS(=O)(=O)CCCNCC(C#N)C(F)(F)F. The molecule has 0 amide bonds. The van der Waals surface area contributed by atoms with Crippen molar-refractivity contribution >= 4 is 9.84 Å². The van der Waals surface area contributed by atoms with Crippen LogP contribution in [-0.2, 0) is 9.84 Å². The monoisotopic (exact) mass is 258 g/mol. The van der Waals surface area contributed by atoms with E-state index < -0.39 is 28.5 Å². The fourth-order valence-corrected chi connectivity index (χ4v) is 1.61. The van der Waals surface area contributed by atoms with Crippen LogP contribution in [0, 0.1) is 17.2 Å². The molecule has 0 saturated heterocycles. The van der Waals surface area contributed by atoms with Crippen LogP contribution in [0.4, 0.5) is 13.2 Å². The summed E-state index contributed by atoms with van der Waals surface area (Å²) in [5.74, 6) is -2.13. The Labute approximate surface area is 92.4 Å². The van der Waals surface area contributed by atoms with E-state index in [1.807, 2.05) is 0 Å². The number of nitrogens with one attached hydrogen (secondary N) is 1. The summed E-state index contributed by atoms with van der Waals surface area (Å²) in [6, 6.07) is 1.14. The van der Waals surface area contributed by atoms with Crippen LogP contribution in [0.1, 0.15) is 6.42 Å². The van der Waals surface area contributed by atoms with Crippen molar-refractivity contribution in [2.24, 2.45) is 5.92 Å². The maximum absolute atomic E-state index is 12.1. The standard InChI is InChI=1S/C8H13F3N2O2S/c1-16(14,15)4-2-3-13-6-7(5-12)8(9,10)11/h7,13H,2-4,6H2,1H3. The van der Waals surface area contributed by atoms with Crippen LogP contribution < -0.4 is 5.32 Å². The largest absolute Gasteiger partial charge is 0.405 e. The molecule has 8 heteroatoms. The van der Waals surface area contributed by atoms with Gasteiger partial charge in [-0.2, -0.15) is 18.4 Å². The lowest BCUT2D eigenvalue weighted by Crippen LogP contribution is -2.33. The second-order valence-corrected chi connectivity index (χ2v) is 5.67. The van der Waals surface area contributed by atoms with E-state index in [4.69, 9.17) is 5.26 Å². The quantitative estimate of drug-likeness (QED) is 0.712. The van der Waals surface area contributed by atoms with Gasteiger partial charge in [-0.05, 0) is 13.0 Å². The molecular formula is C8H13F3N2O2S. The van der Waals surface area contributed by atoms with Gasteiger partial charge in [0.25, 0.3) is 0 Å². The van der Waals surface area contributed by atoms with E-state index in [1.165, 1.54) is 0 Å². The summed E-state index contributed by atoms with van der Waals surface area (Å²) in [5, 5.41) is 10.7. The van der Waals surface area contributed by atoms with E-state index in [0.29, 0.717) is 0 Å². The molecule has 0 bridgehead atoms. The highest BCUT2D eigenvalue weighted by molar-refractivity contribution is 7.90. The summed E-state index contributed by atoms with van der Waals surface area (Å²) < 4.78 is 57.5. The van der Waals surface area contributed by atoms with Crippen LogP contribution >= 0.6 is 0 Å². The Kier molecular flexibility index (Phi) is 5.75. The molecule has 0 aliphatic carbocycles. The van der Waals surface area contributed by atoms with Crippen LogP contribution in [0.5, 0.6) is 0 Å². The number of hydrogen-bond acceptors (Lipinski definition) is 4. The van der Waals surface area contributed by atoms with Gasteiger partial charge in [-0.3, -0.25) is 0 Å². The smallest absolute Gasteiger partial charge is 0.315 e. The lowest BCUT2D eigenvalue weighted by atomic mass is 10.1. The molecule has 1 atom stereocenters. The zero-order valence-electron chi connectivity index (χ0n) is 8.71. The predicted molar refractivity (Wildman–Crippen MR) is 52.4 cm³/mol. The average Bonchev–Trinajstić information content (AvgIpc) is 2.07. The Morgan fingerprint density at radius 3 is 2.38 bits per heavy atom. The molecule has 0 aromatic rings. The fourth-order valence-electron chi connectivity index (χ4n) is 0.940. The van der Waals surface area contributed by atoms with E-state index in [1.54, 1.807) is 0 Å². The maximum Gasteiger partial charge on any atom is 0.405 e. The highest BCUT2D eigenvalue weighted by atomic mass is 32.2. The number of nitrogens with zero attached hydrogens (tertiary/aromatic N) is 1. The molecule has 0 fully saturated rings. The van der Waals surface area contributed by atoms with Crippen molar-refractivity contribution in [3.05, 3.63) is 0 Å². The van der Waals surface area contributed by atoms with E-state index in [-0.39, 0.29) is 18.7 Å². The molecule has 0 aromatic heterocycles. The zero-order chi connectivity index (χ0) is 12.8. The Bertz CT molecular complexity index is 345. The summed E-state index contributed by atoms with van der Waals surface area (Å²) in [6.07, 6.45) is -3.26. The maximum atomic E-state index is 12.1. The minimum absolute atomic E-state index is 0.0801. The van der Waals surface area contributed by atoms with Gasteiger partial charge in [-0.25, -0.2) is 8.42 Å². The Balaban J connectivity index is 3.79. The first-order valence-corrected chi connectivity index (χ1v) is 6.57. The number of sulfone groups is 1. The second-order valence-electron chi connectivity index (χ2n) is 3.41. The van der Waals surface area contributed by atoms with Gasteiger partial charge in [0.2, 0.25) is 0 Å². The lowest BCUT2D eigenvalue weighted by molar-refractivity contribution is -0.157. The van der Waals surface area contributed by atoms with E-state index in [2.05, 4.69) is 5.32 Å². The van der Waals surface area contributed by atoms with Crippen LogP contribution in [-0.4, -0.2) is 39.7 Å². The van der Waals surface area contributed by atoms with Crippen molar-refractivity contribution in [2.75, 3.05) is 25.1 Å². The van der Waals surface area contributed by atoms with Crippen LogP contribution in [0.25, 0.3) is 0 Å². The fraction of sp³-hybridized carbons (Fsp3) is 0.875. The number of nitriles is 1. The third kappa shape index (κ3) is 7.48. The molecule has 0 aromatic carbocycles. The molecule has 0 spiro atoms. The van der Waals surface area contributed by atoms with Gasteiger partial charge < -0.3 is 5.32 Å². The molecule has 0 radical (unpaired) electrons. The minimum Gasteiger partial charge on any atom is -0.315 e. The van der Waals surface area contributed by atoms with Gasteiger partial charge in [-0.15, -0.1) is 0 Å². The number of rotatable bonds is 6. The molecule has 1 N–H and O–H groups in total. The van der Waals surface area contributed by atoms with Gasteiger partial charge in [0, 0.05) is 12.8 Å². The summed E-state index contributed by atoms with van der Waals surface area (Å²) in [4.78, 5) is 0. The predicted octanol–water partition coefficient (Wildman–Crippen LogP) is 0.713. The molecule has 0 aliphatic rings. The summed E-state index contributed by atoms with van der Waals surface area (Å²) in [7, 11) is -3.09. The van der Waals surface area contributed by atoms with Crippen molar-refractivity contribution in [3.8, 4) is 6.07 Å². The van der Waals surface area contributed by atoms with Crippen LogP contribution in [0.2, 0.25) is 0 Å². The Hall–Kier alpha value is -0.810. The van der Waals surface area contributed by atoms with Crippen LogP contribution in [0.3, 0.4) is 0 Å². The van der Waals surface area contributed by atoms with E-state index in [0.717, 1.165) is 12.3 Å². The first kappa shape index (κ1) is 15.2. The Morgan fingerprint density at radius 1 is 1.44 bits per heavy atom. The van der Waals surface area contributed by atoms with Crippen molar-refractivity contribution < 1.29 is 21.6 Å². The van der Waals surface area contributed by atoms with Crippen molar-refractivity contribution in [2.45, 2.75) is 12.6 Å². The first-order valence-electron chi connectivity index (χ1n) is 4.51. The number of alkyl halides is 3.